The van der Waals surface area contributed by atoms with Crippen molar-refractivity contribution in [2.24, 2.45) is 0 Å². The number of para-hydroxylation sites is 1. The van der Waals surface area contributed by atoms with Gasteiger partial charge in [-0.25, -0.2) is 0 Å². The number of hydrogen-bond donors (Lipinski definition) is 6. The number of hydrogen-bond acceptors (Lipinski definition) is 7. The van der Waals surface area contributed by atoms with Gasteiger partial charge in [0.1, 0.15) is 6.61 Å². The Morgan fingerprint density at radius 2 is 1.37 bits per heavy atom. The van der Waals surface area contributed by atoms with E-state index in [4.69, 9.17) is 10.5 Å². The summed E-state index contributed by atoms with van der Waals surface area (Å²) in [5, 5.41) is 49.5. The first-order valence-electron chi connectivity index (χ1n) is 8.11. The molecule has 7 nitrogen and oxygen atoms in total. The monoisotopic (exact) mass is 369 g/mol. The first-order valence-corrected chi connectivity index (χ1v) is 8.11. The van der Waals surface area contributed by atoms with Gasteiger partial charge in [-0.05, 0) is 11.6 Å². The maximum Gasteiger partial charge on any atom is 0.206 e. The zero-order chi connectivity index (χ0) is 19.6. The van der Waals surface area contributed by atoms with Crippen LogP contribution in [-0.2, 0) is 13.0 Å². The molecule has 0 radical (unpaired) electrons. The SMILES string of the molecule is Nc1c(O)c(O)c(O)c(O)c1Cc1cccc(OCc2ccccc2)c1O. The third-order valence-electron chi connectivity index (χ3n) is 4.23. The highest BCUT2D eigenvalue weighted by atomic mass is 16.5. The Morgan fingerprint density at radius 3 is 2.07 bits per heavy atom. The van der Waals surface area contributed by atoms with E-state index >= 15 is 0 Å². The molecule has 27 heavy (non-hydrogen) atoms. The largest absolute Gasteiger partial charge is 0.504 e. The fourth-order valence-corrected chi connectivity index (χ4v) is 2.70. The molecule has 0 aliphatic heterocycles. The highest BCUT2D eigenvalue weighted by molar-refractivity contribution is 5.75. The van der Waals surface area contributed by atoms with Gasteiger partial charge in [0.2, 0.25) is 11.5 Å². The lowest BCUT2D eigenvalue weighted by molar-refractivity contribution is 0.288. The van der Waals surface area contributed by atoms with Gasteiger partial charge in [0.05, 0.1) is 5.69 Å². The van der Waals surface area contributed by atoms with Gasteiger partial charge in [-0.15, -0.1) is 0 Å². The predicted molar refractivity (Wildman–Crippen MR) is 99.2 cm³/mol. The minimum Gasteiger partial charge on any atom is -0.504 e. The van der Waals surface area contributed by atoms with Gasteiger partial charge in [0, 0.05) is 17.5 Å². The Balaban J connectivity index is 1.89. The second-order valence-electron chi connectivity index (χ2n) is 6.00. The van der Waals surface area contributed by atoms with Crippen molar-refractivity contribution < 1.29 is 30.3 Å². The van der Waals surface area contributed by atoms with Crippen LogP contribution < -0.4 is 10.5 Å². The van der Waals surface area contributed by atoms with E-state index in [1.807, 2.05) is 30.3 Å². The molecule has 7 heteroatoms. The normalized spacial score (nSPS) is 10.7. The van der Waals surface area contributed by atoms with E-state index in [0.717, 1.165) is 5.56 Å². The molecule has 3 aromatic rings. The summed E-state index contributed by atoms with van der Waals surface area (Å²) in [6, 6.07) is 14.3. The average Bonchev–Trinajstić information content (AvgIpc) is 2.69. The summed E-state index contributed by atoms with van der Waals surface area (Å²) in [6.45, 7) is 0.256. The van der Waals surface area contributed by atoms with Gasteiger partial charge in [0.25, 0.3) is 0 Å². The van der Waals surface area contributed by atoms with Crippen molar-refractivity contribution in [1.29, 1.82) is 0 Å². The minimum atomic E-state index is -0.905. The molecule has 3 aromatic carbocycles. The molecule has 0 aliphatic rings. The van der Waals surface area contributed by atoms with Gasteiger partial charge in [0.15, 0.2) is 23.0 Å². The van der Waals surface area contributed by atoms with Crippen molar-refractivity contribution in [1.82, 2.24) is 0 Å². The van der Waals surface area contributed by atoms with Gasteiger partial charge in [-0.1, -0.05) is 42.5 Å². The zero-order valence-corrected chi connectivity index (χ0v) is 14.3. The van der Waals surface area contributed by atoms with E-state index in [9.17, 15) is 25.5 Å². The third kappa shape index (κ3) is 3.48. The molecule has 0 saturated heterocycles. The summed E-state index contributed by atoms with van der Waals surface area (Å²) < 4.78 is 5.65. The summed E-state index contributed by atoms with van der Waals surface area (Å²) in [6.07, 6.45) is -0.104. The Morgan fingerprint density at radius 1 is 0.704 bits per heavy atom. The molecule has 7 N–H and O–H groups in total. The molecule has 0 saturated carbocycles. The standard InChI is InChI=1S/C20H19NO6/c21-15-13(17(23)19(25)20(26)18(15)24)9-12-7-4-8-14(16(12)22)27-10-11-5-2-1-3-6-11/h1-8,22-26H,9-10,21H2. The summed E-state index contributed by atoms with van der Waals surface area (Å²) in [7, 11) is 0. The molecule has 0 atom stereocenters. The summed E-state index contributed by atoms with van der Waals surface area (Å²) in [5.74, 6) is -3.11. The minimum absolute atomic E-state index is 0.0293. The van der Waals surface area contributed by atoms with Crippen LogP contribution in [0.3, 0.4) is 0 Å². The number of phenols is 5. The zero-order valence-electron chi connectivity index (χ0n) is 14.3. The predicted octanol–water partition coefficient (Wildman–Crippen LogP) is 2.97. The number of aromatic hydroxyl groups is 5. The van der Waals surface area contributed by atoms with E-state index in [1.54, 1.807) is 18.2 Å². The Labute approximate surface area is 155 Å². The van der Waals surface area contributed by atoms with Crippen LogP contribution in [-0.4, -0.2) is 25.5 Å². The maximum absolute atomic E-state index is 10.5. The Hall–Kier alpha value is -3.74. The third-order valence-corrected chi connectivity index (χ3v) is 4.23. The Kier molecular flexibility index (Phi) is 4.85. The van der Waals surface area contributed by atoms with Crippen molar-refractivity contribution in [3.05, 3.63) is 65.2 Å². The second-order valence-corrected chi connectivity index (χ2v) is 6.00. The molecule has 0 heterocycles. The number of rotatable bonds is 5. The molecular formula is C20H19NO6. The van der Waals surface area contributed by atoms with Crippen LogP contribution in [0.1, 0.15) is 16.7 Å². The number of phenolic OH excluding ortho intramolecular Hbond substituents is 5. The van der Waals surface area contributed by atoms with E-state index in [2.05, 4.69) is 0 Å². The van der Waals surface area contributed by atoms with Gasteiger partial charge in [-0.3, -0.25) is 0 Å². The van der Waals surface area contributed by atoms with Crippen molar-refractivity contribution in [2.45, 2.75) is 13.0 Å². The highest BCUT2D eigenvalue weighted by Crippen LogP contribution is 2.49. The van der Waals surface area contributed by atoms with Crippen molar-refractivity contribution in [2.75, 3.05) is 5.73 Å². The van der Waals surface area contributed by atoms with Gasteiger partial charge >= 0.3 is 0 Å². The van der Waals surface area contributed by atoms with Crippen LogP contribution in [0.15, 0.2) is 48.5 Å². The van der Waals surface area contributed by atoms with E-state index in [-0.39, 0.29) is 35.8 Å². The van der Waals surface area contributed by atoms with Crippen LogP contribution in [0.25, 0.3) is 0 Å². The average molecular weight is 369 g/mol. The molecular weight excluding hydrogens is 350 g/mol. The second kappa shape index (κ2) is 7.25. The fraction of sp³-hybridized carbons (Fsp3) is 0.100. The molecule has 0 spiro atoms. The lowest BCUT2D eigenvalue weighted by Crippen LogP contribution is -2.00. The molecule has 0 fully saturated rings. The van der Waals surface area contributed by atoms with Crippen molar-refractivity contribution in [3.63, 3.8) is 0 Å². The molecule has 0 bridgehead atoms. The quantitative estimate of drug-likeness (QED) is 0.231. The van der Waals surface area contributed by atoms with Gasteiger partial charge in [-0.2, -0.15) is 0 Å². The van der Waals surface area contributed by atoms with E-state index in [1.165, 1.54) is 0 Å². The van der Waals surface area contributed by atoms with Crippen LogP contribution in [0.2, 0.25) is 0 Å². The number of benzene rings is 3. The summed E-state index contributed by atoms with van der Waals surface area (Å²) >= 11 is 0. The molecule has 140 valence electrons. The van der Waals surface area contributed by atoms with E-state index in [0.29, 0.717) is 5.56 Å². The number of anilines is 1. The number of nitrogen functional groups attached to an aromatic ring is 1. The van der Waals surface area contributed by atoms with Crippen LogP contribution >= 0.6 is 0 Å². The highest BCUT2D eigenvalue weighted by Gasteiger charge is 2.23. The molecule has 0 aromatic heterocycles. The smallest absolute Gasteiger partial charge is 0.206 e. The van der Waals surface area contributed by atoms with Gasteiger partial charge < -0.3 is 36.0 Å². The molecule has 0 aliphatic carbocycles. The van der Waals surface area contributed by atoms with Crippen LogP contribution in [0.4, 0.5) is 5.69 Å². The number of ether oxygens (including phenoxy) is 1. The van der Waals surface area contributed by atoms with E-state index < -0.39 is 23.0 Å². The lowest BCUT2D eigenvalue weighted by atomic mass is 9.99. The van der Waals surface area contributed by atoms with Crippen LogP contribution in [0, 0.1) is 0 Å². The lowest BCUT2D eigenvalue weighted by Gasteiger charge is -2.15. The first-order chi connectivity index (χ1) is 12.9. The topological polar surface area (TPSA) is 136 Å². The molecule has 0 amide bonds. The summed E-state index contributed by atoms with van der Waals surface area (Å²) in [5.41, 5.74) is 6.69. The summed E-state index contributed by atoms with van der Waals surface area (Å²) in [4.78, 5) is 0. The Bertz CT molecular complexity index is 943. The molecule has 3 rings (SSSR count). The number of nitrogens with two attached hydrogens (primary N) is 1. The van der Waals surface area contributed by atoms with Crippen LogP contribution in [0.5, 0.6) is 34.5 Å². The first kappa shape index (κ1) is 18.1. The van der Waals surface area contributed by atoms with Crippen molar-refractivity contribution >= 4 is 5.69 Å². The van der Waals surface area contributed by atoms with Crippen molar-refractivity contribution in [3.8, 4) is 34.5 Å². The fourth-order valence-electron chi connectivity index (χ4n) is 2.70. The maximum atomic E-state index is 10.5. The molecule has 0 unspecified atom stereocenters.